The lowest BCUT2D eigenvalue weighted by molar-refractivity contribution is 0.471. The molecule has 1 unspecified atom stereocenters. The zero-order valence-corrected chi connectivity index (χ0v) is 17.5. The van der Waals surface area contributed by atoms with Crippen molar-refractivity contribution in [3.05, 3.63) is 0 Å². The molecule has 0 aromatic carbocycles. The molecule has 0 saturated carbocycles. The van der Waals surface area contributed by atoms with Crippen molar-refractivity contribution in [2.45, 2.75) is 116 Å². The molecule has 0 aliphatic carbocycles. The van der Waals surface area contributed by atoms with Crippen molar-refractivity contribution in [2.24, 2.45) is 0 Å². The molecule has 1 saturated heterocycles. The van der Waals surface area contributed by atoms with Crippen LogP contribution in [0.3, 0.4) is 0 Å². The third-order valence-electron chi connectivity index (χ3n) is 5.00. The van der Waals surface area contributed by atoms with Crippen LogP contribution in [0.5, 0.6) is 0 Å². The predicted octanol–water partition coefficient (Wildman–Crippen LogP) is 7.59. The maximum absolute atomic E-state index is 2.58. The average molecular weight is 316 g/mol. The summed E-state index contributed by atoms with van der Waals surface area (Å²) in [5.74, 6) is 0. The lowest BCUT2D eigenvalue weighted by Gasteiger charge is -2.60. The second kappa shape index (κ2) is 5.81. The van der Waals surface area contributed by atoms with Crippen molar-refractivity contribution in [2.75, 3.05) is 0 Å². The summed E-state index contributed by atoms with van der Waals surface area (Å²) in [7, 11) is 0.0869. The lowest BCUT2D eigenvalue weighted by Crippen LogP contribution is -2.39. The molecular formula is C18H38P2. The first kappa shape index (κ1) is 18.9. The summed E-state index contributed by atoms with van der Waals surface area (Å²) in [5, 5.41) is 2.09. The Morgan fingerprint density at radius 1 is 0.900 bits per heavy atom. The minimum atomic E-state index is 0.0257. The summed E-state index contributed by atoms with van der Waals surface area (Å²) < 4.78 is 0. The van der Waals surface area contributed by atoms with Gasteiger partial charge in [-0.15, -0.1) is 0 Å². The molecule has 2 heteroatoms. The second-order valence-electron chi connectivity index (χ2n) is 9.44. The van der Waals surface area contributed by atoms with Gasteiger partial charge in [0.15, 0.2) is 0 Å². The molecule has 1 rings (SSSR count). The first-order chi connectivity index (χ1) is 8.76. The van der Waals surface area contributed by atoms with Gasteiger partial charge in [-0.2, -0.15) is 0 Å². The molecule has 0 aromatic heterocycles. The Kier molecular flexibility index (Phi) is 5.50. The van der Waals surface area contributed by atoms with Crippen LogP contribution in [0.2, 0.25) is 0 Å². The van der Waals surface area contributed by atoms with Crippen LogP contribution >= 0.6 is 15.2 Å². The van der Waals surface area contributed by atoms with Gasteiger partial charge in [0, 0.05) is 0 Å². The van der Waals surface area contributed by atoms with Gasteiger partial charge in [0.25, 0.3) is 0 Å². The number of hydrogen-bond donors (Lipinski definition) is 0. The highest BCUT2D eigenvalue weighted by atomic mass is 32.1. The molecule has 0 aromatic rings. The molecule has 1 atom stereocenters. The molecular weight excluding hydrogens is 278 g/mol. The largest absolute Gasteiger partial charge is 0.0686 e. The van der Waals surface area contributed by atoms with E-state index in [1.807, 2.05) is 0 Å². The summed E-state index contributed by atoms with van der Waals surface area (Å²) >= 11 is 0. The van der Waals surface area contributed by atoms with Crippen molar-refractivity contribution >= 4 is 15.2 Å². The van der Waals surface area contributed by atoms with Gasteiger partial charge in [0.1, 0.15) is 0 Å². The third-order valence-corrected chi connectivity index (χ3v) is 18.7. The Balaban J connectivity index is 3.37. The van der Waals surface area contributed by atoms with Crippen LogP contribution < -0.4 is 0 Å². The van der Waals surface area contributed by atoms with E-state index in [1.54, 1.807) is 0 Å². The Morgan fingerprint density at radius 2 is 1.30 bits per heavy atom. The van der Waals surface area contributed by atoms with E-state index >= 15 is 0 Å². The van der Waals surface area contributed by atoms with Crippen molar-refractivity contribution in [1.82, 2.24) is 0 Å². The van der Waals surface area contributed by atoms with E-state index in [0.29, 0.717) is 20.6 Å². The number of hydrogen-bond acceptors (Lipinski definition) is 0. The molecule has 0 nitrogen and oxygen atoms in total. The Morgan fingerprint density at radius 3 is 1.60 bits per heavy atom. The third kappa shape index (κ3) is 3.79. The summed E-state index contributed by atoms with van der Waals surface area (Å²) in [6.45, 7) is 25.3. The fraction of sp³-hybridized carbons (Fsp3) is 1.00. The van der Waals surface area contributed by atoms with Gasteiger partial charge in [0.2, 0.25) is 0 Å². The predicted molar refractivity (Wildman–Crippen MR) is 100.0 cm³/mol. The van der Waals surface area contributed by atoms with Gasteiger partial charge in [-0.3, -0.25) is 0 Å². The zero-order chi connectivity index (χ0) is 16.0. The highest BCUT2D eigenvalue weighted by Gasteiger charge is 2.53. The van der Waals surface area contributed by atoms with Gasteiger partial charge in [0.05, 0.1) is 0 Å². The average Bonchev–Trinajstić information content (AvgIpc) is 2.20. The smallest absolute Gasteiger partial charge is 0.0107 e. The van der Waals surface area contributed by atoms with Crippen LogP contribution in [0, 0.1) is 0 Å². The van der Waals surface area contributed by atoms with E-state index in [-0.39, 0.29) is 15.2 Å². The minimum Gasteiger partial charge on any atom is -0.0686 e. The first-order valence-electron chi connectivity index (χ1n) is 8.36. The maximum Gasteiger partial charge on any atom is -0.0107 e. The topological polar surface area (TPSA) is 0 Å². The molecule has 0 spiro atoms. The maximum atomic E-state index is 2.58. The summed E-state index contributed by atoms with van der Waals surface area (Å²) in [5.41, 5.74) is 0. The molecule has 0 N–H and O–H groups in total. The van der Waals surface area contributed by atoms with Crippen molar-refractivity contribution in [3.63, 3.8) is 0 Å². The fourth-order valence-corrected chi connectivity index (χ4v) is 18.6. The molecule has 1 fully saturated rings. The van der Waals surface area contributed by atoms with E-state index in [1.165, 1.54) is 25.7 Å². The first-order valence-corrected chi connectivity index (χ1v) is 11.8. The molecule has 0 radical (unpaired) electrons. The quantitative estimate of drug-likeness (QED) is 0.470. The van der Waals surface area contributed by atoms with Crippen LogP contribution in [0.4, 0.5) is 0 Å². The summed E-state index contributed by atoms with van der Waals surface area (Å²) in [6, 6.07) is 0. The lowest BCUT2D eigenvalue weighted by atomic mass is 9.98. The van der Waals surface area contributed by atoms with E-state index in [4.69, 9.17) is 0 Å². The molecule has 1 aliphatic rings. The SMILES string of the molecule is CCC(C)(C)P(P1C(C)(C)CCCC1(C)C)C(C)(C)C. The molecule has 1 heterocycles. The molecule has 120 valence electrons. The Bertz CT molecular complexity index is 307. The van der Waals surface area contributed by atoms with E-state index in [9.17, 15) is 0 Å². The van der Waals surface area contributed by atoms with Gasteiger partial charge >= 0.3 is 0 Å². The Hall–Kier alpha value is 0.860. The van der Waals surface area contributed by atoms with Crippen LogP contribution in [0.25, 0.3) is 0 Å². The van der Waals surface area contributed by atoms with Crippen molar-refractivity contribution in [1.29, 1.82) is 0 Å². The highest BCUT2D eigenvalue weighted by molar-refractivity contribution is 8.32. The molecule has 20 heavy (non-hydrogen) atoms. The molecule has 1 aliphatic heterocycles. The monoisotopic (exact) mass is 316 g/mol. The van der Waals surface area contributed by atoms with E-state index < -0.39 is 0 Å². The van der Waals surface area contributed by atoms with Crippen LogP contribution in [0.15, 0.2) is 0 Å². The standard InChI is InChI=1S/C18H38P2/c1-11-16(5,6)19(15(2,3)4)20-17(7,8)13-12-14-18(20,9)10/h11-14H2,1-10H3. The van der Waals surface area contributed by atoms with Crippen molar-refractivity contribution in [3.8, 4) is 0 Å². The van der Waals surface area contributed by atoms with Crippen LogP contribution in [-0.4, -0.2) is 20.6 Å². The summed E-state index contributed by atoms with van der Waals surface area (Å²) in [6.07, 6.45) is 5.63. The van der Waals surface area contributed by atoms with Gasteiger partial charge in [-0.25, -0.2) is 0 Å². The van der Waals surface area contributed by atoms with Crippen molar-refractivity contribution < 1.29 is 0 Å². The molecule has 0 amide bonds. The molecule has 0 bridgehead atoms. The normalized spacial score (nSPS) is 25.5. The summed E-state index contributed by atoms with van der Waals surface area (Å²) in [4.78, 5) is 0. The van der Waals surface area contributed by atoms with Gasteiger partial charge < -0.3 is 0 Å². The van der Waals surface area contributed by atoms with Gasteiger partial charge in [-0.05, 0) is 39.9 Å². The van der Waals surface area contributed by atoms with E-state index in [2.05, 4.69) is 69.2 Å². The zero-order valence-electron chi connectivity index (χ0n) is 15.7. The van der Waals surface area contributed by atoms with Gasteiger partial charge in [-0.1, -0.05) is 90.9 Å². The second-order valence-corrected chi connectivity index (χ2v) is 18.1. The van der Waals surface area contributed by atoms with Crippen LogP contribution in [-0.2, 0) is 0 Å². The Labute approximate surface area is 131 Å². The minimum absolute atomic E-state index is 0.0257. The highest BCUT2D eigenvalue weighted by Crippen LogP contribution is 2.91. The van der Waals surface area contributed by atoms with Crippen LogP contribution in [0.1, 0.15) is 94.9 Å². The number of rotatable bonds is 3. The van der Waals surface area contributed by atoms with E-state index in [0.717, 1.165) is 0 Å². The fourth-order valence-electron chi connectivity index (χ4n) is 4.15.